The van der Waals surface area contributed by atoms with E-state index in [1.807, 2.05) is 0 Å². The van der Waals surface area contributed by atoms with E-state index in [-0.39, 0.29) is 0 Å². The summed E-state index contributed by atoms with van der Waals surface area (Å²) in [5.74, 6) is 0. The molecule has 0 spiro atoms. The molecule has 2 rings (SSSR count). The van der Waals surface area contributed by atoms with Crippen molar-refractivity contribution >= 4 is 5.71 Å². The van der Waals surface area contributed by atoms with Crippen molar-refractivity contribution in [2.75, 3.05) is 0 Å². The quantitative estimate of drug-likeness (QED) is 0.557. The molecule has 1 nitrogen and oxygen atoms in total. The van der Waals surface area contributed by atoms with E-state index in [0.29, 0.717) is 0 Å². The number of aliphatic imine (C=N–C) groups is 1. The second kappa shape index (κ2) is 3.10. The summed E-state index contributed by atoms with van der Waals surface area (Å²) in [6, 6.07) is 0. The zero-order valence-corrected chi connectivity index (χ0v) is 7.21. The molecule has 0 aromatic rings. The summed E-state index contributed by atoms with van der Waals surface area (Å²) < 4.78 is 0. The largest absolute Gasteiger partial charge is 0.258 e. The molecule has 0 saturated carbocycles. The Balaban J connectivity index is 2.11. The number of rotatable bonds is 1. The van der Waals surface area contributed by atoms with E-state index >= 15 is 0 Å². The first-order valence-corrected chi connectivity index (χ1v) is 4.47. The fraction of sp³-hybridized carbons (Fsp3) is 0.364. The van der Waals surface area contributed by atoms with Gasteiger partial charge >= 0.3 is 0 Å². The Morgan fingerprint density at radius 1 is 1.25 bits per heavy atom. The van der Waals surface area contributed by atoms with Crippen molar-refractivity contribution in [3.63, 3.8) is 0 Å². The van der Waals surface area contributed by atoms with E-state index in [2.05, 4.69) is 29.8 Å². The first-order valence-electron chi connectivity index (χ1n) is 4.47. The Bertz CT molecular complexity index is 292. The minimum atomic E-state index is 1.08. The van der Waals surface area contributed by atoms with Gasteiger partial charge in [0.25, 0.3) is 0 Å². The summed E-state index contributed by atoms with van der Waals surface area (Å²) in [6.07, 6.45) is 10.9. The van der Waals surface area contributed by atoms with Crippen molar-refractivity contribution < 1.29 is 0 Å². The van der Waals surface area contributed by atoms with Gasteiger partial charge in [0.1, 0.15) is 0 Å². The van der Waals surface area contributed by atoms with Gasteiger partial charge < -0.3 is 0 Å². The Kier molecular flexibility index (Phi) is 1.94. The average Bonchev–Trinajstić information content (AvgIpc) is 2.63. The molecule has 2 aliphatic carbocycles. The van der Waals surface area contributed by atoms with E-state index in [1.54, 1.807) is 0 Å². The van der Waals surface area contributed by atoms with Crippen LogP contribution in [0.3, 0.4) is 0 Å². The number of hydrogen-bond acceptors (Lipinski definition) is 1. The average molecular weight is 159 g/mol. The van der Waals surface area contributed by atoms with Gasteiger partial charge in [-0.15, -0.1) is 0 Å². The van der Waals surface area contributed by atoms with E-state index < -0.39 is 0 Å². The third kappa shape index (κ3) is 1.55. The lowest BCUT2D eigenvalue weighted by atomic mass is 10.3. The van der Waals surface area contributed by atoms with Crippen LogP contribution in [0.5, 0.6) is 0 Å². The van der Waals surface area contributed by atoms with Crippen LogP contribution in [0.25, 0.3) is 0 Å². The molecule has 1 heteroatoms. The minimum Gasteiger partial charge on any atom is -0.258 e. The predicted octanol–water partition coefficient (Wildman–Crippen LogP) is 3.01. The van der Waals surface area contributed by atoms with Gasteiger partial charge in [-0.2, -0.15) is 0 Å². The molecule has 62 valence electrons. The molecule has 0 atom stereocenters. The molecule has 0 bridgehead atoms. The first kappa shape index (κ1) is 7.53. The molecule has 2 aliphatic rings. The van der Waals surface area contributed by atoms with Gasteiger partial charge in [-0.05, 0) is 37.8 Å². The first-order chi connectivity index (χ1) is 5.84. The molecular formula is C11H13N. The highest BCUT2D eigenvalue weighted by molar-refractivity contribution is 5.97. The van der Waals surface area contributed by atoms with Gasteiger partial charge in [0, 0.05) is 11.4 Å². The Hall–Kier alpha value is -1.11. The lowest BCUT2D eigenvalue weighted by Gasteiger charge is -1.93. The molecule has 0 aliphatic heterocycles. The van der Waals surface area contributed by atoms with Crippen molar-refractivity contribution in [3.05, 3.63) is 36.1 Å². The lowest BCUT2D eigenvalue weighted by molar-refractivity contribution is 0.991. The summed E-state index contributed by atoms with van der Waals surface area (Å²) >= 11 is 0. The van der Waals surface area contributed by atoms with Gasteiger partial charge in [0.15, 0.2) is 0 Å². The van der Waals surface area contributed by atoms with Crippen molar-refractivity contribution in [2.24, 2.45) is 4.99 Å². The summed E-state index contributed by atoms with van der Waals surface area (Å²) in [7, 11) is 0. The third-order valence-corrected chi connectivity index (χ3v) is 2.24. The van der Waals surface area contributed by atoms with Crippen molar-refractivity contribution in [3.8, 4) is 0 Å². The monoisotopic (exact) mass is 159 g/mol. The van der Waals surface area contributed by atoms with Crippen LogP contribution in [0.15, 0.2) is 41.1 Å². The van der Waals surface area contributed by atoms with E-state index in [0.717, 1.165) is 25.7 Å². The molecule has 0 aromatic carbocycles. The highest BCUT2D eigenvalue weighted by Gasteiger charge is 2.08. The van der Waals surface area contributed by atoms with Crippen LogP contribution in [-0.4, -0.2) is 5.71 Å². The molecule has 0 fully saturated rings. The van der Waals surface area contributed by atoms with Crippen LogP contribution >= 0.6 is 0 Å². The van der Waals surface area contributed by atoms with Crippen molar-refractivity contribution in [1.82, 2.24) is 0 Å². The molecule has 12 heavy (non-hydrogen) atoms. The topological polar surface area (TPSA) is 12.4 Å². The molecular weight excluding hydrogens is 146 g/mol. The Labute approximate surface area is 73.2 Å². The number of hydrogen-bond donors (Lipinski definition) is 0. The number of allylic oxidation sites excluding steroid dienone is 5. The second-order valence-electron chi connectivity index (χ2n) is 3.34. The Morgan fingerprint density at radius 3 is 2.75 bits per heavy atom. The number of nitrogens with zero attached hydrogens (tertiary/aromatic N) is 1. The van der Waals surface area contributed by atoms with Crippen LogP contribution in [-0.2, 0) is 0 Å². The van der Waals surface area contributed by atoms with Gasteiger partial charge in [0.2, 0.25) is 0 Å². The SMILES string of the molecule is C=C1C=C(N=C2C=CCC2)CC1. The van der Waals surface area contributed by atoms with Crippen LogP contribution in [0, 0.1) is 0 Å². The second-order valence-corrected chi connectivity index (χ2v) is 3.34. The zero-order valence-electron chi connectivity index (χ0n) is 7.21. The van der Waals surface area contributed by atoms with E-state index in [1.165, 1.54) is 17.0 Å². The normalized spacial score (nSPS) is 25.5. The van der Waals surface area contributed by atoms with Gasteiger partial charge in [-0.1, -0.05) is 18.2 Å². The summed E-state index contributed by atoms with van der Waals surface area (Å²) in [6.45, 7) is 3.92. The van der Waals surface area contributed by atoms with Crippen LogP contribution < -0.4 is 0 Å². The van der Waals surface area contributed by atoms with Crippen LogP contribution in [0.2, 0.25) is 0 Å². The molecule has 0 saturated heterocycles. The summed E-state index contributed by atoms with van der Waals surface area (Å²) in [5, 5.41) is 0. The van der Waals surface area contributed by atoms with E-state index in [9.17, 15) is 0 Å². The fourth-order valence-corrected chi connectivity index (χ4v) is 1.57. The standard InChI is InChI=1S/C11H13N/c1-9-6-7-11(8-9)12-10-4-2-3-5-10/h2,4,8H,1,3,5-7H2. The molecule has 0 heterocycles. The molecule has 0 amide bonds. The third-order valence-electron chi connectivity index (χ3n) is 2.24. The maximum absolute atomic E-state index is 4.56. The van der Waals surface area contributed by atoms with Crippen molar-refractivity contribution in [1.29, 1.82) is 0 Å². The van der Waals surface area contributed by atoms with Crippen LogP contribution in [0.1, 0.15) is 25.7 Å². The highest BCUT2D eigenvalue weighted by Crippen LogP contribution is 2.23. The summed E-state index contributed by atoms with van der Waals surface area (Å²) in [4.78, 5) is 4.56. The predicted molar refractivity (Wildman–Crippen MR) is 52.3 cm³/mol. The maximum Gasteiger partial charge on any atom is 0.0412 e. The van der Waals surface area contributed by atoms with Gasteiger partial charge in [-0.3, -0.25) is 4.99 Å². The highest BCUT2D eigenvalue weighted by atomic mass is 14.8. The molecule has 0 aromatic heterocycles. The van der Waals surface area contributed by atoms with Gasteiger partial charge in [0.05, 0.1) is 0 Å². The minimum absolute atomic E-state index is 1.08. The molecule has 0 unspecified atom stereocenters. The fourth-order valence-electron chi connectivity index (χ4n) is 1.57. The van der Waals surface area contributed by atoms with Gasteiger partial charge in [-0.25, -0.2) is 0 Å². The zero-order chi connectivity index (χ0) is 8.39. The lowest BCUT2D eigenvalue weighted by Crippen LogP contribution is -1.87. The summed E-state index contributed by atoms with van der Waals surface area (Å²) in [5.41, 5.74) is 3.66. The molecule has 0 radical (unpaired) electrons. The van der Waals surface area contributed by atoms with E-state index in [4.69, 9.17) is 0 Å². The van der Waals surface area contributed by atoms with Crippen molar-refractivity contribution in [2.45, 2.75) is 25.7 Å². The smallest absolute Gasteiger partial charge is 0.0412 e. The van der Waals surface area contributed by atoms with Crippen LogP contribution in [0.4, 0.5) is 0 Å². The Morgan fingerprint density at radius 2 is 2.17 bits per heavy atom. The molecule has 0 N–H and O–H groups in total. The maximum atomic E-state index is 4.56.